The molecule has 2 aliphatic carbocycles. The summed E-state index contributed by atoms with van der Waals surface area (Å²) in [6.07, 6.45) is 4.96. The maximum atomic E-state index is 15.4. The molecule has 6 rings (SSSR count). The third-order valence-corrected chi connectivity index (χ3v) is 9.68. The van der Waals surface area contributed by atoms with Crippen LogP contribution in [0.25, 0.3) is 5.57 Å². The highest BCUT2D eigenvalue weighted by atomic mass is 19.1. The fraction of sp³-hybridized carbons (Fsp3) is 0.514. The van der Waals surface area contributed by atoms with Gasteiger partial charge in [-0.15, -0.1) is 0 Å². The Balaban J connectivity index is 1.09. The van der Waals surface area contributed by atoms with E-state index in [2.05, 4.69) is 40.6 Å². The van der Waals surface area contributed by atoms with E-state index in [4.69, 9.17) is 10.5 Å². The van der Waals surface area contributed by atoms with Crippen LogP contribution in [-0.2, 0) is 27.3 Å². The lowest BCUT2D eigenvalue weighted by Crippen LogP contribution is -2.57. The molecule has 3 N–H and O–H groups in total. The average molecular weight is 603 g/mol. The Kier molecular flexibility index (Phi) is 8.26. The molecule has 44 heavy (non-hydrogen) atoms. The maximum Gasteiger partial charge on any atom is 0.411 e. The predicted octanol–water partition coefficient (Wildman–Crippen LogP) is 4.66. The number of amides is 3. The first-order chi connectivity index (χ1) is 20.9. The molecule has 6 atom stereocenters. The minimum Gasteiger partial charge on any atom is -0.444 e. The van der Waals surface area contributed by atoms with E-state index in [-0.39, 0.29) is 18.4 Å². The van der Waals surface area contributed by atoms with E-state index in [1.54, 1.807) is 26.8 Å². The number of carbonyl (C=O) groups is 3. The number of likely N-dealkylation sites (tertiary alicyclic amines) is 2. The standard InChI is InChI=1S/C35H43FN4O4/c1-35(2,3)44-34(43)40-28-12-11-24(15-28)31(40)33(42)38-30(32(37)41)17-23-10-9-22(16-29(23)36)25-13-26-19-39(20-27(26)14-25)18-21-7-5-4-6-8-21/h4-10,13,16,24,26-28,30-31H,11-12,14-15,17-20H2,1-3H3,(H2,37,41)(H,38,42)/t24?,26?,27?,28?,30-,31-/m0/s1. The van der Waals surface area contributed by atoms with Crippen LogP contribution in [0.1, 0.15) is 63.1 Å². The minimum atomic E-state index is -1.11. The number of allylic oxidation sites excluding steroid dienone is 1. The summed E-state index contributed by atoms with van der Waals surface area (Å²) in [7, 11) is 0. The van der Waals surface area contributed by atoms with Crippen LogP contribution in [0.15, 0.2) is 54.6 Å². The number of ether oxygens (including phenoxy) is 1. The van der Waals surface area contributed by atoms with Gasteiger partial charge in [-0.05, 0) is 92.5 Å². The number of nitrogens with two attached hydrogens (primary N) is 1. The van der Waals surface area contributed by atoms with Crippen LogP contribution >= 0.6 is 0 Å². The lowest BCUT2D eigenvalue weighted by atomic mass is 9.95. The lowest BCUT2D eigenvalue weighted by Gasteiger charge is -2.36. The molecule has 9 heteroatoms. The van der Waals surface area contributed by atoms with Crippen LogP contribution in [0, 0.1) is 23.6 Å². The Morgan fingerprint density at radius 1 is 1.07 bits per heavy atom. The molecule has 8 nitrogen and oxygen atoms in total. The smallest absolute Gasteiger partial charge is 0.411 e. The largest absolute Gasteiger partial charge is 0.444 e. The molecule has 2 saturated heterocycles. The Morgan fingerprint density at radius 3 is 2.52 bits per heavy atom. The van der Waals surface area contributed by atoms with Crippen LogP contribution in [0.4, 0.5) is 9.18 Å². The highest BCUT2D eigenvalue weighted by Crippen LogP contribution is 2.44. The SMILES string of the molecule is CC(C)(C)OC(=O)N1C2CCC(C2)[C@H]1C(=O)N[C@@H](Cc1ccc(C2=CC3CN(Cc4ccccc4)CC3C2)cc1F)C(N)=O. The molecule has 2 aromatic rings. The summed E-state index contributed by atoms with van der Waals surface area (Å²) in [5.41, 5.74) is 8.61. The number of piperidine rings is 1. The first-order valence-electron chi connectivity index (χ1n) is 15.8. The molecule has 2 aliphatic heterocycles. The van der Waals surface area contributed by atoms with Gasteiger partial charge >= 0.3 is 6.09 Å². The van der Waals surface area contributed by atoms with E-state index in [9.17, 15) is 14.4 Å². The summed E-state index contributed by atoms with van der Waals surface area (Å²) in [5, 5.41) is 2.74. The van der Waals surface area contributed by atoms with Crippen molar-refractivity contribution in [1.82, 2.24) is 15.1 Å². The van der Waals surface area contributed by atoms with Crippen LogP contribution in [0.2, 0.25) is 0 Å². The van der Waals surface area contributed by atoms with Gasteiger partial charge in [-0.1, -0.05) is 48.5 Å². The number of halogens is 1. The van der Waals surface area contributed by atoms with E-state index in [0.29, 0.717) is 17.4 Å². The molecule has 2 heterocycles. The number of carbonyl (C=O) groups excluding carboxylic acids is 3. The summed E-state index contributed by atoms with van der Waals surface area (Å²) in [5.74, 6) is -0.661. The number of nitrogens with one attached hydrogen (secondary N) is 1. The van der Waals surface area contributed by atoms with E-state index < -0.39 is 41.4 Å². The van der Waals surface area contributed by atoms with Gasteiger partial charge in [0.2, 0.25) is 11.8 Å². The first kappa shape index (κ1) is 30.3. The molecule has 3 amide bonds. The Morgan fingerprint density at radius 2 is 1.84 bits per heavy atom. The number of hydrogen-bond donors (Lipinski definition) is 2. The zero-order valence-electron chi connectivity index (χ0n) is 25.8. The summed E-state index contributed by atoms with van der Waals surface area (Å²) in [6.45, 7) is 8.32. The molecule has 1 saturated carbocycles. The van der Waals surface area contributed by atoms with Crippen molar-refractivity contribution in [3.05, 3.63) is 77.1 Å². The third kappa shape index (κ3) is 6.39. The Hall–Kier alpha value is -3.72. The molecule has 2 bridgehead atoms. The quantitative estimate of drug-likeness (QED) is 0.457. The van der Waals surface area contributed by atoms with Crippen LogP contribution < -0.4 is 11.1 Å². The van der Waals surface area contributed by atoms with Crippen molar-refractivity contribution in [2.75, 3.05) is 13.1 Å². The zero-order valence-corrected chi connectivity index (χ0v) is 25.8. The van der Waals surface area contributed by atoms with Gasteiger partial charge in [-0.3, -0.25) is 19.4 Å². The van der Waals surface area contributed by atoms with E-state index in [1.165, 1.54) is 16.5 Å². The highest BCUT2D eigenvalue weighted by molar-refractivity contribution is 5.91. The van der Waals surface area contributed by atoms with Gasteiger partial charge in [0.1, 0.15) is 23.5 Å². The minimum absolute atomic E-state index is 0.0123. The summed E-state index contributed by atoms with van der Waals surface area (Å²) < 4.78 is 21.0. The molecular formula is C35H43FN4O4. The molecule has 4 unspecified atom stereocenters. The van der Waals surface area contributed by atoms with Crippen molar-refractivity contribution < 1.29 is 23.5 Å². The number of benzene rings is 2. The van der Waals surface area contributed by atoms with Gasteiger partial charge in [-0.2, -0.15) is 0 Å². The van der Waals surface area contributed by atoms with Gasteiger partial charge in [0, 0.05) is 32.1 Å². The van der Waals surface area contributed by atoms with Crippen molar-refractivity contribution in [2.45, 2.75) is 83.1 Å². The van der Waals surface area contributed by atoms with E-state index in [0.717, 1.165) is 56.5 Å². The van der Waals surface area contributed by atoms with E-state index in [1.807, 2.05) is 12.1 Å². The monoisotopic (exact) mass is 602 g/mol. The van der Waals surface area contributed by atoms with Crippen molar-refractivity contribution in [3.63, 3.8) is 0 Å². The normalized spacial score (nSPS) is 26.8. The fourth-order valence-corrected chi connectivity index (χ4v) is 7.70. The van der Waals surface area contributed by atoms with Crippen molar-refractivity contribution in [1.29, 1.82) is 0 Å². The maximum absolute atomic E-state index is 15.4. The van der Waals surface area contributed by atoms with Crippen molar-refractivity contribution in [3.8, 4) is 0 Å². The predicted molar refractivity (Wildman–Crippen MR) is 166 cm³/mol. The summed E-state index contributed by atoms with van der Waals surface area (Å²) in [6, 6.07) is 13.7. The number of rotatable bonds is 8. The number of primary amides is 1. The molecule has 2 aromatic carbocycles. The molecule has 4 aliphatic rings. The second kappa shape index (κ2) is 12.0. The van der Waals surface area contributed by atoms with E-state index >= 15 is 4.39 Å². The topological polar surface area (TPSA) is 105 Å². The molecular weight excluding hydrogens is 559 g/mol. The number of nitrogens with zero attached hydrogens (tertiary/aromatic N) is 2. The summed E-state index contributed by atoms with van der Waals surface area (Å²) >= 11 is 0. The highest BCUT2D eigenvalue weighted by Gasteiger charge is 2.53. The number of fused-ring (bicyclic) bond motifs is 3. The first-order valence-corrected chi connectivity index (χ1v) is 15.8. The molecule has 3 fully saturated rings. The third-order valence-electron chi connectivity index (χ3n) is 9.68. The molecule has 234 valence electrons. The van der Waals surface area contributed by atoms with Gasteiger partial charge in [0.25, 0.3) is 0 Å². The average Bonchev–Trinajstić information content (AvgIpc) is 3.74. The lowest BCUT2D eigenvalue weighted by molar-refractivity contribution is -0.132. The van der Waals surface area contributed by atoms with Crippen LogP contribution in [0.3, 0.4) is 0 Å². The Labute approximate surface area is 258 Å². The van der Waals surface area contributed by atoms with Crippen molar-refractivity contribution >= 4 is 23.5 Å². The number of hydrogen-bond acceptors (Lipinski definition) is 5. The summed E-state index contributed by atoms with van der Waals surface area (Å²) in [4.78, 5) is 42.9. The van der Waals surface area contributed by atoms with Crippen LogP contribution in [-0.4, -0.2) is 64.5 Å². The van der Waals surface area contributed by atoms with Gasteiger partial charge in [0.15, 0.2) is 0 Å². The second-order valence-electron chi connectivity index (χ2n) is 14.0. The van der Waals surface area contributed by atoms with Gasteiger partial charge in [-0.25, -0.2) is 9.18 Å². The van der Waals surface area contributed by atoms with Crippen LogP contribution in [0.5, 0.6) is 0 Å². The molecule has 0 radical (unpaired) electrons. The van der Waals surface area contributed by atoms with Gasteiger partial charge in [0.05, 0.1) is 0 Å². The molecule has 0 spiro atoms. The zero-order chi connectivity index (χ0) is 31.2. The Bertz CT molecular complexity index is 1450. The van der Waals surface area contributed by atoms with Crippen molar-refractivity contribution in [2.24, 2.45) is 23.5 Å². The second-order valence-corrected chi connectivity index (χ2v) is 14.0. The van der Waals surface area contributed by atoms with Gasteiger partial charge < -0.3 is 15.8 Å². The molecule has 0 aromatic heterocycles. The fourth-order valence-electron chi connectivity index (χ4n) is 7.70.